The number of carbonyl (C=O) groups is 1. The molecule has 1 heterocycles. The van der Waals surface area contributed by atoms with Crippen LogP contribution < -0.4 is 15.8 Å². The summed E-state index contributed by atoms with van der Waals surface area (Å²) >= 11 is 0. The predicted octanol–water partition coefficient (Wildman–Crippen LogP) is 3.76. The number of hydrogen-bond acceptors (Lipinski definition) is 2. The molecule has 2 aromatic rings. The lowest BCUT2D eigenvalue weighted by molar-refractivity contribution is 0.243. The minimum Gasteiger partial charge on any atom is -0.313 e. The highest BCUT2D eigenvalue weighted by Gasteiger charge is 2.43. The number of unbranched alkanes of at least 4 members (excludes halogenated alkanes) is 1. The number of urea groups is 1. The molecule has 2 amide bonds. The van der Waals surface area contributed by atoms with Gasteiger partial charge in [-0.1, -0.05) is 61.9 Å². The number of hydrazine groups is 1. The van der Waals surface area contributed by atoms with E-state index in [1.54, 1.807) is 5.01 Å². The normalized spacial score (nSPS) is 21.0. The fraction of sp³-hybridized carbons (Fsp3) is 0.278. The monoisotopic (exact) mass is 295 g/mol. The van der Waals surface area contributed by atoms with Crippen LogP contribution in [0.1, 0.15) is 31.7 Å². The maximum absolute atomic E-state index is 12.5. The molecule has 1 fully saturated rings. The van der Waals surface area contributed by atoms with Gasteiger partial charge in [-0.25, -0.2) is 9.80 Å². The molecule has 2 N–H and O–H groups in total. The first-order valence-electron chi connectivity index (χ1n) is 7.76. The molecular formula is C18H21N3O. The Balaban J connectivity index is 1.94. The average Bonchev–Trinajstić information content (AvgIpc) is 2.93. The standard InChI is InChI=1S/C18H21N3O/c1-2-3-14-18(15-10-6-4-7-11-15)19-17(22)21(20-18)16-12-8-5-9-13-16/h4-13,20H,2-3,14H2,1H3,(H,19,22). The van der Waals surface area contributed by atoms with Crippen molar-refractivity contribution in [1.29, 1.82) is 0 Å². The Kier molecular flexibility index (Phi) is 4.11. The highest BCUT2D eigenvalue weighted by molar-refractivity contribution is 5.94. The van der Waals surface area contributed by atoms with Crippen molar-refractivity contribution in [2.24, 2.45) is 0 Å². The number of nitrogens with one attached hydrogen (secondary N) is 2. The molecule has 0 bridgehead atoms. The molecular weight excluding hydrogens is 274 g/mol. The Labute approximate surface area is 131 Å². The van der Waals surface area contributed by atoms with E-state index in [0.717, 1.165) is 30.5 Å². The minimum atomic E-state index is -0.538. The quantitative estimate of drug-likeness (QED) is 0.882. The van der Waals surface area contributed by atoms with Crippen LogP contribution in [0.15, 0.2) is 60.7 Å². The van der Waals surface area contributed by atoms with Crippen LogP contribution in [0.25, 0.3) is 0 Å². The van der Waals surface area contributed by atoms with Crippen LogP contribution in [0.4, 0.5) is 10.5 Å². The molecule has 1 aliphatic rings. The van der Waals surface area contributed by atoms with Crippen LogP contribution >= 0.6 is 0 Å². The number of benzene rings is 2. The number of nitrogens with zero attached hydrogens (tertiary/aromatic N) is 1. The number of amides is 2. The number of para-hydroxylation sites is 1. The van der Waals surface area contributed by atoms with E-state index < -0.39 is 5.66 Å². The largest absolute Gasteiger partial charge is 0.338 e. The molecule has 0 aromatic heterocycles. The van der Waals surface area contributed by atoms with Crippen molar-refractivity contribution in [1.82, 2.24) is 10.7 Å². The number of anilines is 1. The van der Waals surface area contributed by atoms with E-state index in [0.29, 0.717) is 0 Å². The van der Waals surface area contributed by atoms with Gasteiger partial charge in [-0.15, -0.1) is 0 Å². The fourth-order valence-corrected chi connectivity index (χ4v) is 2.83. The summed E-state index contributed by atoms with van der Waals surface area (Å²) in [5, 5.41) is 4.74. The first kappa shape index (κ1) is 14.6. The van der Waals surface area contributed by atoms with Gasteiger partial charge < -0.3 is 5.32 Å². The molecule has 1 atom stereocenters. The molecule has 4 heteroatoms. The summed E-state index contributed by atoms with van der Waals surface area (Å²) in [5.74, 6) is 0. The Bertz CT molecular complexity index is 629. The second kappa shape index (κ2) is 6.20. The summed E-state index contributed by atoms with van der Waals surface area (Å²) in [5.41, 5.74) is 4.78. The van der Waals surface area contributed by atoms with Gasteiger partial charge in [0.15, 0.2) is 0 Å². The minimum absolute atomic E-state index is 0.119. The van der Waals surface area contributed by atoms with Crippen molar-refractivity contribution >= 4 is 11.7 Å². The highest BCUT2D eigenvalue weighted by atomic mass is 16.2. The zero-order chi connectivity index (χ0) is 15.4. The zero-order valence-electron chi connectivity index (χ0n) is 12.8. The molecule has 114 valence electrons. The highest BCUT2D eigenvalue weighted by Crippen LogP contribution is 2.30. The molecule has 0 radical (unpaired) electrons. The van der Waals surface area contributed by atoms with Crippen molar-refractivity contribution in [2.45, 2.75) is 31.8 Å². The van der Waals surface area contributed by atoms with Crippen LogP contribution in [-0.4, -0.2) is 6.03 Å². The van der Waals surface area contributed by atoms with Crippen LogP contribution in [0.2, 0.25) is 0 Å². The van der Waals surface area contributed by atoms with Gasteiger partial charge in [0, 0.05) is 0 Å². The topological polar surface area (TPSA) is 44.4 Å². The molecule has 3 rings (SSSR count). The van der Waals surface area contributed by atoms with E-state index in [1.165, 1.54) is 0 Å². The van der Waals surface area contributed by atoms with Crippen LogP contribution in [0, 0.1) is 0 Å². The van der Waals surface area contributed by atoms with Crippen LogP contribution in [0.3, 0.4) is 0 Å². The predicted molar refractivity (Wildman–Crippen MR) is 88.2 cm³/mol. The van der Waals surface area contributed by atoms with Gasteiger partial charge in [0.1, 0.15) is 5.66 Å². The van der Waals surface area contributed by atoms with E-state index in [2.05, 4.69) is 29.8 Å². The lowest BCUT2D eigenvalue weighted by Crippen LogP contribution is -2.48. The molecule has 2 aromatic carbocycles. The Morgan fingerprint density at radius 1 is 1.00 bits per heavy atom. The fourth-order valence-electron chi connectivity index (χ4n) is 2.83. The molecule has 1 unspecified atom stereocenters. The van der Waals surface area contributed by atoms with Crippen molar-refractivity contribution in [3.8, 4) is 0 Å². The van der Waals surface area contributed by atoms with Gasteiger partial charge in [-0.2, -0.15) is 5.43 Å². The van der Waals surface area contributed by atoms with Gasteiger partial charge in [-0.3, -0.25) is 0 Å². The summed E-state index contributed by atoms with van der Waals surface area (Å²) < 4.78 is 0. The van der Waals surface area contributed by atoms with Crippen LogP contribution in [-0.2, 0) is 5.66 Å². The summed E-state index contributed by atoms with van der Waals surface area (Å²) in [6, 6.07) is 19.6. The molecule has 0 aliphatic carbocycles. The van der Waals surface area contributed by atoms with Crippen molar-refractivity contribution in [2.75, 3.05) is 5.01 Å². The first-order chi connectivity index (χ1) is 10.7. The lowest BCUT2D eigenvalue weighted by Gasteiger charge is -2.30. The smallest absolute Gasteiger partial charge is 0.313 e. The van der Waals surface area contributed by atoms with E-state index in [9.17, 15) is 4.79 Å². The molecule has 22 heavy (non-hydrogen) atoms. The summed E-state index contributed by atoms with van der Waals surface area (Å²) in [4.78, 5) is 12.5. The molecule has 4 nitrogen and oxygen atoms in total. The van der Waals surface area contributed by atoms with E-state index in [-0.39, 0.29) is 6.03 Å². The summed E-state index contributed by atoms with van der Waals surface area (Å²) in [7, 11) is 0. The second-order valence-electron chi connectivity index (χ2n) is 5.59. The number of hydrogen-bond donors (Lipinski definition) is 2. The van der Waals surface area contributed by atoms with Crippen molar-refractivity contribution < 1.29 is 4.79 Å². The molecule has 0 spiro atoms. The number of carbonyl (C=O) groups excluding carboxylic acids is 1. The Morgan fingerprint density at radius 2 is 1.64 bits per heavy atom. The third-order valence-corrected chi connectivity index (χ3v) is 4.01. The molecule has 1 aliphatic heterocycles. The third kappa shape index (κ3) is 2.70. The summed E-state index contributed by atoms with van der Waals surface area (Å²) in [6.07, 6.45) is 2.96. The SMILES string of the molecule is CCCCC1(c2ccccc2)NC(=O)N(c2ccccc2)N1. The van der Waals surface area contributed by atoms with Gasteiger partial charge in [0.25, 0.3) is 0 Å². The van der Waals surface area contributed by atoms with E-state index in [1.807, 2.05) is 48.5 Å². The van der Waals surface area contributed by atoms with E-state index >= 15 is 0 Å². The summed E-state index contributed by atoms with van der Waals surface area (Å²) in [6.45, 7) is 2.16. The molecule has 1 saturated heterocycles. The molecule has 0 saturated carbocycles. The van der Waals surface area contributed by atoms with Crippen molar-refractivity contribution in [3.63, 3.8) is 0 Å². The maximum atomic E-state index is 12.5. The Morgan fingerprint density at radius 3 is 2.27 bits per heavy atom. The van der Waals surface area contributed by atoms with Crippen LogP contribution in [0.5, 0.6) is 0 Å². The first-order valence-corrected chi connectivity index (χ1v) is 7.76. The Hall–Kier alpha value is -2.33. The lowest BCUT2D eigenvalue weighted by atomic mass is 9.94. The number of rotatable bonds is 5. The van der Waals surface area contributed by atoms with Gasteiger partial charge in [0.2, 0.25) is 0 Å². The van der Waals surface area contributed by atoms with Gasteiger partial charge in [-0.05, 0) is 30.5 Å². The van der Waals surface area contributed by atoms with E-state index in [4.69, 9.17) is 0 Å². The maximum Gasteiger partial charge on any atom is 0.338 e. The second-order valence-corrected chi connectivity index (χ2v) is 5.59. The average molecular weight is 295 g/mol. The zero-order valence-corrected chi connectivity index (χ0v) is 12.8. The third-order valence-electron chi connectivity index (χ3n) is 4.01. The van der Waals surface area contributed by atoms with Gasteiger partial charge in [0.05, 0.1) is 5.69 Å². The van der Waals surface area contributed by atoms with Crippen molar-refractivity contribution in [3.05, 3.63) is 66.2 Å². The van der Waals surface area contributed by atoms with Gasteiger partial charge >= 0.3 is 6.03 Å².